The number of benzene rings is 3. The maximum Gasteiger partial charge on any atom is 0.263 e. The van der Waals surface area contributed by atoms with Gasteiger partial charge in [-0.2, -0.15) is 5.26 Å². The highest BCUT2D eigenvalue weighted by molar-refractivity contribution is 5.96. The molecule has 0 aliphatic carbocycles. The summed E-state index contributed by atoms with van der Waals surface area (Å²) in [6, 6.07) is 25.0. The lowest BCUT2D eigenvalue weighted by atomic mass is 9.97. The summed E-state index contributed by atoms with van der Waals surface area (Å²) in [6.07, 6.45) is 2.05. The van der Waals surface area contributed by atoms with E-state index in [4.69, 9.17) is 5.73 Å². The highest BCUT2D eigenvalue weighted by atomic mass is 19.1. The van der Waals surface area contributed by atoms with Crippen LogP contribution in [0.1, 0.15) is 36.7 Å². The van der Waals surface area contributed by atoms with E-state index in [0.29, 0.717) is 40.3 Å². The molecular formula is C31H26FN5O. The molecule has 3 N–H and O–H groups in total. The number of hydrogen-bond acceptors (Lipinski definition) is 5. The highest BCUT2D eigenvalue weighted by Gasteiger charge is 2.21. The molecule has 2 aromatic heterocycles. The highest BCUT2D eigenvalue weighted by Crippen LogP contribution is 2.32. The molecule has 0 saturated heterocycles. The third-order valence-electron chi connectivity index (χ3n) is 6.74. The van der Waals surface area contributed by atoms with E-state index in [9.17, 15) is 14.4 Å². The first-order chi connectivity index (χ1) is 18.4. The van der Waals surface area contributed by atoms with Gasteiger partial charge in [0.1, 0.15) is 17.7 Å². The molecule has 0 bridgehead atoms. The summed E-state index contributed by atoms with van der Waals surface area (Å²) in [5.41, 5.74) is 10.6. The average Bonchev–Trinajstić information content (AvgIpc) is 2.94. The van der Waals surface area contributed by atoms with Crippen LogP contribution in [0.4, 0.5) is 15.9 Å². The first-order valence-corrected chi connectivity index (χ1v) is 12.4. The van der Waals surface area contributed by atoms with Crippen LogP contribution in [-0.2, 0) is 6.42 Å². The maximum atomic E-state index is 14.2. The van der Waals surface area contributed by atoms with Crippen LogP contribution in [0.2, 0.25) is 0 Å². The largest absolute Gasteiger partial charge is 0.383 e. The molecule has 1 atom stereocenters. The third kappa shape index (κ3) is 4.37. The van der Waals surface area contributed by atoms with Gasteiger partial charge in [0.2, 0.25) is 0 Å². The minimum Gasteiger partial charge on any atom is -0.383 e. The fourth-order valence-corrected chi connectivity index (χ4v) is 4.88. The van der Waals surface area contributed by atoms with Crippen LogP contribution >= 0.6 is 0 Å². The van der Waals surface area contributed by atoms with Crippen molar-refractivity contribution in [3.63, 3.8) is 0 Å². The number of aromatic nitrogens is 2. The summed E-state index contributed by atoms with van der Waals surface area (Å²) in [4.78, 5) is 18.4. The normalized spacial score (nSPS) is 11.7. The average molecular weight is 504 g/mol. The molecule has 38 heavy (non-hydrogen) atoms. The molecule has 0 fully saturated rings. The Kier molecular flexibility index (Phi) is 6.63. The van der Waals surface area contributed by atoms with Crippen molar-refractivity contribution in [2.45, 2.75) is 26.3 Å². The Morgan fingerprint density at radius 3 is 2.50 bits per heavy atom. The van der Waals surface area contributed by atoms with E-state index < -0.39 is 0 Å². The van der Waals surface area contributed by atoms with Gasteiger partial charge in [0.05, 0.1) is 22.7 Å². The van der Waals surface area contributed by atoms with Gasteiger partial charge >= 0.3 is 0 Å². The topological polar surface area (TPSA) is 96.7 Å². The second-order valence-electron chi connectivity index (χ2n) is 9.06. The van der Waals surface area contributed by atoms with Gasteiger partial charge in [-0.25, -0.2) is 9.37 Å². The summed E-state index contributed by atoms with van der Waals surface area (Å²) < 4.78 is 15.3. The molecule has 5 aromatic rings. The van der Waals surface area contributed by atoms with Gasteiger partial charge in [-0.1, -0.05) is 55.5 Å². The fraction of sp³-hybridized carbons (Fsp3) is 0.129. The van der Waals surface area contributed by atoms with E-state index in [-0.39, 0.29) is 17.4 Å². The molecular weight excluding hydrogens is 477 g/mol. The number of anilines is 2. The van der Waals surface area contributed by atoms with E-state index in [0.717, 1.165) is 22.1 Å². The number of para-hydroxylation sites is 1. The SMILES string of the molecule is CCc1c(N)ncc(C#N)c1NC(C)c1cc2cccc(-c3ccc(F)cc3)c2c(=O)n1-c1ccccc1. The van der Waals surface area contributed by atoms with Gasteiger partial charge in [-0.3, -0.25) is 9.36 Å². The van der Waals surface area contributed by atoms with E-state index in [1.54, 1.807) is 16.7 Å². The zero-order valence-corrected chi connectivity index (χ0v) is 21.1. The molecule has 0 amide bonds. The molecule has 0 radical (unpaired) electrons. The number of pyridine rings is 2. The smallest absolute Gasteiger partial charge is 0.263 e. The van der Waals surface area contributed by atoms with E-state index in [1.807, 2.05) is 68.4 Å². The molecule has 2 heterocycles. The van der Waals surface area contributed by atoms with Crippen molar-refractivity contribution in [3.8, 4) is 22.9 Å². The molecule has 188 valence electrons. The molecule has 6 nitrogen and oxygen atoms in total. The Labute approximate surface area is 219 Å². The van der Waals surface area contributed by atoms with Crippen LogP contribution in [0.15, 0.2) is 89.9 Å². The molecule has 1 unspecified atom stereocenters. The molecule has 5 rings (SSSR count). The number of nitrogen functional groups attached to an aromatic ring is 1. The Morgan fingerprint density at radius 1 is 1.08 bits per heavy atom. The lowest BCUT2D eigenvalue weighted by Gasteiger charge is -2.24. The van der Waals surface area contributed by atoms with Crippen molar-refractivity contribution in [3.05, 3.63) is 118 Å². The monoisotopic (exact) mass is 503 g/mol. The zero-order chi connectivity index (χ0) is 26.8. The number of halogens is 1. The first-order valence-electron chi connectivity index (χ1n) is 12.4. The first kappa shape index (κ1) is 24.7. The number of rotatable bonds is 6. The standard InChI is InChI=1S/C31H26FN5O/c1-3-25-29(22(17-33)18-35-30(25)34)36-19(2)27-16-21-8-7-11-26(20-12-14-23(32)15-13-20)28(21)31(38)37(27)24-9-5-4-6-10-24/h4-16,18-19H,3H2,1-2H3,(H3,34,35,36). The fourth-order valence-electron chi connectivity index (χ4n) is 4.88. The summed E-state index contributed by atoms with van der Waals surface area (Å²) in [7, 11) is 0. The van der Waals surface area contributed by atoms with Crippen molar-refractivity contribution in [2.24, 2.45) is 0 Å². The van der Waals surface area contributed by atoms with Gasteiger partial charge in [0.25, 0.3) is 5.56 Å². The van der Waals surface area contributed by atoms with Crippen molar-refractivity contribution in [1.29, 1.82) is 5.26 Å². The predicted octanol–water partition coefficient (Wildman–Crippen LogP) is 6.38. The zero-order valence-electron chi connectivity index (χ0n) is 21.1. The summed E-state index contributed by atoms with van der Waals surface area (Å²) in [5.74, 6) is 0.0295. The van der Waals surface area contributed by atoms with Crippen LogP contribution < -0.4 is 16.6 Å². The van der Waals surface area contributed by atoms with Crippen molar-refractivity contribution >= 4 is 22.3 Å². The van der Waals surface area contributed by atoms with E-state index >= 15 is 0 Å². The van der Waals surface area contributed by atoms with Gasteiger partial charge in [-0.15, -0.1) is 0 Å². The minimum atomic E-state index is -0.374. The lowest BCUT2D eigenvalue weighted by molar-refractivity contribution is 0.628. The van der Waals surface area contributed by atoms with Gasteiger partial charge in [-0.05, 0) is 60.2 Å². The molecule has 0 spiro atoms. The number of nitrogens with zero attached hydrogens (tertiary/aromatic N) is 3. The van der Waals surface area contributed by atoms with Crippen molar-refractivity contribution < 1.29 is 4.39 Å². The number of hydrogen-bond donors (Lipinski definition) is 2. The second kappa shape index (κ2) is 10.2. The maximum absolute atomic E-state index is 14.2. The van der Waals surface area contributed by atoms with E-state index in [2.05, 4.69) is 16.4 Å². The van der Waals surface area contributed by atoms with Crippen molar-refractivity contribution in [1.82, 2.24) is 9.55 Å². The Morgan fingerprint density at radius 2 is 1.82 bits per heavy atom. The minimum absolute atomic E-state index is 0.192. The summed E-state index contributed by atoms with van der Waals surface area (Å²) in [5, 5.41) is 14.5. The van der Waals surface area contributed by atoms with Crippen LogP contribution in [0, 0.1) is 17.1 Å². The number of fused-ring (bicyclic) bond motifs is 1. The number of nitrogens with two attached hydrogens (primary N) is 1. The number of nitrogens with one attached hydrogen (secondary N) is 1. The summed E-state index contributed by atoms with van der Waals surface area (Å²) in [6.45, 7) is 3.90. The summed E-state index contributed by atoms with van der Waals surface area (Å²) >= 11 is 0. The Hall–Kier alpha value is -4.96. The van der Waals surface area contributed by atoms with Crippen LogP contribution in [0.5, 0.6) is 0 Å². The van der Waals surface area contributed by atoms with Gasteiger partial charge < -0.3 is 11.1 Å². The molecule has 0 aliphatic heterocycles. The Bertz CT molecular complexity index is 1740. The second-order valence-corrected chi connectivity index (χ2v) is 9.06. The number of nitriles is 1. The van der Waals surface area contributed by atoms with Crippen LogP contribution in [0.25, 0.3) is 27.6 Å². The molecule has 3 aromatic carbocycles. The van der Waals surface area contributed by atoms with Gasteiger partial charge in [0, 0.05) is 23.1 Å². The Balaban J connectivity index is 1.75. The van der Waals surface area contributed by atoms with E-state index in [1.165, 1.54) is 18.3 Å². The van der Waals surface area contributed by atoms with Crippen molar-refractivity contribution in [2.75, 3.05) is 11.1 Å². The molecule has 0 saturated carbocycles. The van der Waals surface area contributed by atoms with Crippen LogP contribution in [0.3, 0.4) is 0 Å². The predicted molar refractivity (Wildman–Crippen MR) is 150 cm³/mol. The third-order valence-corrected chi connectivity index (χ3v) is 6.74. The quantitative estimate of drug-likeness (QED) is 0.280. The molecule has 7 heteroatoms. The van der Waals surface area contributed by atoms with Gasteiger partial charge in [0.15, 0.2) is 0 Å². The molecule has 0 aliphatic rings. The lowest BCUT2D eigenvalue weighted by Crippen LogP contribution is -2.26. The van der Waals surface area contributed by atoms with Crippen LogP contribution in [-0.4, -0.2) is 9.55 Å².